The number of benzene rings is 2. The Morgan fingerprint density at radius 1 is 0.920 bits per heavy atom. The molecule has 0 aromatic heterocycles. The first kappa shape index (κ1) is 18.1. The van der Waals surface area contributed by atoms with Crippen LogP contribution in [0.1, 0.15) is 17.3 Å². The number of carbonyl (C=O) groups excluding carboxylic acids is 2. The van der Waals surface area contributed by atoms with Gasteiger partial charge in [0, 0.05) is 5.69 Å². The van der Waals surface area contributed by atoms with E-state index in [1.54, 1.807) is 49.4 Å². The molecule has 2 N–H and O–H groups in total. The lowest BCUT2D eigenvalue weighted by molar-refractivity contribution is 0.0526. The highest BCUT2D eigenvalue weighted by molar-refractivity contribution is 6.02. The lowest BCUT2D eigenvalue weighted by atomic mass is 10.2. The number of urea groups is 1. The number of anilines is 2. The summed E-state index contributed by atoms with van der Waals surface area (Å²) in [5.74, 6) is 0.552. The third-order valence-corrected chi connectivity index (χ3v) is 3.32. The van der Waals surface area contributed by atoms with Gasteiger partial charge in [0.25, 0.3) is 0 Å². The molecule has 2 aromatic rings. The minimum Gasteiger partial charge on any atom is -0.494 e. The fraction of sp³-hybridized carbons (Fsp3) is 0.222. The van der Waals surface area contributed by atoms with E-state index in [4.69, 9.17) is 14.2 Å². The number of methoxy groups -OCH3 is 2. The van der Waals surface area contributed by atoms with Crippen LogP contribution in [0.3, 0.4) is 0 Å². The summed E-state index contributed by atoms with van der Waals surface area (Å²) in [4.78, 5) is 23.8. The lowest BCUT2D eigenvalue weighted by Gasteiger charge is -2.14. The summed E-state index contributed by atoms with van der Waals surface area (Å²) in [7, 11) is 3.01. The maximum atomic E-state index is 12.2. The Labute approximate surface area is 145 Å². The topological polar surface area (TPSA) is 85.9 Å². The largest absolute Gasteiger partial charge is 0.494 e. The number of amides is 2. The van der Waals surface area contributed by atoms with Crippen molar-refractivity contribution < 1.29 is 23.8 Å². The van der Waals surface area contributed by atoms with Crippen molar-refractivity contribution in [2.24, 2.45) is 0 Å². The number of para-hydroxylation sites is 1. The van der Waals surface area contributed by atoms with Crippen molar-refractivity contribution in [3.05, 3.63) is 48.0 Å². The molecule has 0 aliphatic carbocycles. The van der Waals surface area contributed by atoms with Gasteiger partial charge in [-0.1, -0.05) is 6.07 Å². The van der Waals surface area contributed by atoms with Crippen molar-refractivity contribution in [2.45, 2.75) is 6.92 Å². The number of ether oxygens (including phenoxy) is 3. The van der Waals surface area contributed by atoms with Gasteiger partial charge in [0.15, 0.2) is 0 Å². The van der Waals surface area contributed by atoms with E-state index in [9.17, 15) is 9.59 Å². The molecule has 0 saturated heterocycles. The van der Waals surface area contributed by atoms with Gasteiger partial charge in [0.1, 0.15) is 17.2 Å². The highest BCUT2D eigenvalue weighted by Crippen LogP contribution is 2.34. The van der Waals surface area contributed by atoms with Gasteiger partial charge in [-0.2, -0.15) is 0 Å². The molecule has 0 spiro atoms. The number of rotatable bonds is 6. The maximum absolute atomic E-state index is 12.2. The summed E-state index contributed by atoms with van der Waals surface area (Å²) in [6.45, 7) is 2.05. The van der Waals surface area contributed by atoms with Crippen LogP contribution < -0.4 is 20.1 Å². The van der Waals surface area contributed by atoms with E-state index >= 15 is 0 Å². The van der Waals surface area contributed by atoms with Gasteiger partial charge in [-0.05, 0) is 43.3 Å². The highest BCUT2D eigenvalue weighted by Gasteiger charge is 2.13. The molecule has 0 heterocycles. The maximum Gasteiger partial charge on any atom is 0.338 e. The molecule has 7 heteroatoms. The fourth-order valence-electron chi connectivity index (χ4n) is 2.15. The molecule has 25 heavy (non-hydrogen) atoms. The molecule has 2 amide bonds. The summed E-state index contributed by atoms with van der Waals surface area (Å²) in [5.41, 5.74) is 1.37. The molecule has 132 valence electrons. The zero-order chi connectivity index (χ0) is 18.2. The van der Waals surface area contributed by atoms with Gasteiger partial charge in [-0.15, -0.1) is 0 Å². The molecule has 0 saturated carbocycles. The molecule has 0 fully saturated rings. The van der Waals surface area contributed by atoms with Crippen LogP contribution in [-0.2, 0) is 4.74 Å². The number of hydrogen-bond acceptors (Lipinski definition) is 5. The predicted octanol–water partition coefficient (Wildman–Crippen LogP) is 3.52. The Hall–Kier alpha value is -3.22. The van der Waals surface area contributed by atoms with E-state index in [-0.39, 0.29) is 0 Å². The molecule has 0 bridgehead atoms. The molecule has 0 aliphatic heterocycles. The standard InChI is InChI=1S/C18H20N2O5/c1-4-25-17(21)12-8-10-13(11-9-12)19-18(22)20-16-14(23-2)6-5-7-15(16)24-3/h5-11H,4H2,1-3H3,(H2,19,20,22). The zero-order valence-electron chi connectivity index (χ0n) is 14.3. The number of esters is 1. The summed E-state index contributed by atoms with van der Waals surface area (Å²) >= 11 is 0. The first-order valence-electron chi connectivity index (χ1n) is 7.65. The van der Waals surface area contributed by atoms with Crippen molar-refractivity contribution in [1.29, 1.82) is 0 Å². The van der Waals surface area contributed by atoms with E-state index in [1.807, 2.05) is 0 Å². The number of nitrogens with one attached hydrogen (secondary N) is 2. The Morgan fingerprint density at radius 3 is 2.04 bits per heavy atom. The predicted molar refractivity (Wildman–Crippen MR) is 94.6 cm³/mol. The first-order chi connectivity index (χ1) is 12.1. The van der Waals surface area contributed by atoms with Crippen LogP contribution in [0.25, 0.3) is 0 Å². The third-order valence-electron chi connectivity index (χ3n) is 3.32. The summed E-state index contributed by atoms with van der Waals surface area (Å²) < 4.78 is 15.4. The minimum absolute atomic E-state index is 0.308. The second-order valence-corrected chi connectivity index (χ2v) is 4.91. The Morgan fingerprint density at radius 2 is 1.52 bits per heavy atom. The lowest BCUT2D eigenvalue weighted by Crippen LogP contribution is -2.20. The van der Waals surface area contributed by atoms with Gasteiger partial charge in [-0.25, -0.2) is 9.59 Å². The third kappa shape index (κ3) is 4.63. The highest BCUT2D eigenvalue weighted by atomic mass is 16.5. The van der Waals surface area contributed by atoms with E-state index < -0.39 is 12.0 Å². The van der Waals surface area contributed by atoms with Crippen LogP contribution in [0.15, 0.2) is 42.5 Å². The van der Waals surface area contributed by atoms with Crippen molar-refractivity contribution in [1.82, 2.24) is 0 Å². The van der Waals surface area contributed by atoms with Crippen molar-refractivity contribution in [3.8, 4) is 11.5 Å². The molecular weight excluding hydrogens is 324 g/mol. The molecule has 2 aromatic carbocycles. The van der Waals surface area contributed by atoms with E-state index in [0.29, 0.717) is 35.0 Å². The molecule has 7 nitrogen and oxygen atoms in total. The quantitative estimate of drug-likeness (QED) is 0.783. The summed E-state index contributed by atoms with van der Waals surface area (Å²) in [6.07, 6.45) is 0. The Kier molecular flexibility index (Phi) is 6.22. The monoisotopic (exact) mass is 344 g/mol. The normalized spacial score (nSPS) is 9.88. The molecular formula is C18H20N2O5. The first-order valence-corrected chi connectivity index (χ1v) is 7.65. The van der Waals surface area contributed by atoms with Crippen LogP contribution in [0.5, 0.6) is 11.5 Å². The SMILES string of the molecule is CCOC(=O)c1ccc(NC(=O)Nc2c(OC)cccc2OC)cc1. The average molecular weight is 344 g/mol. The van der Waals surface area contributed by atoms with Crippen LogP contribution >= 0.6 is 0 Å². The molecule has 0 unspecified atom stereocenters. The molecule has 0 radical (unpaired) electrons. The van der Waals surface area contributed by atoms with Gasteiger partial charge in [-0.3, -0.25) is 0 Å². The molecule has 0 atom stereocenters. The van der Waals surface area contributed by atoms with Crippen molar-refractivity contribution in [3.63, 3.8) is 0 Å². The van der Waals surface area contributed by atoms with Gasteiger partial charge in [0.05, 0.1) is 26.4 Å². The van der Waals surface area contributed by atoms with Crippen LogP contribution in [0.4, 0.5) is 16.2 Å². The second-order valence-electron chi connectivity index (χ2n) is 4.91. The van der Waals surface area contributed by atoms with Gasteiger partial charge >= 0.3 is 12.0 Å². The second kappa shape index (κ2) is 8.58. The Balaban J connectivity index is 2.07. The fourth-order valence-corrected chi connectivity index (χ4v) is 2.15. The van der Waals surface area contributed by atoms with Crippen LogP contribution in [0.2, 0.25) is 0 Å². The number of carbonyl (C=O) groups is 2. The van der Waals surface area contributed by atoms with Crippen LogP contribution in [0, 0.1) is 0 Å². The average Bonchev–Trinajstić information content (AvgIpc) is 2.62. The van der Waals surface area contributed by atoms with E-state index in [0.717, 1.165) is 0 Å². The van der Waals surface area contributed by atoms with Gasteiger partial charge in [0.2, 0.25) is 0 Å². The zero-order valence-corrected chi connectivity index (χ0v) is 14.3. The molecule has 2 rings (SSSR count). The van der Waals surface area contributed by atoms with E-state index in [1.165, 1.54) is 14.2 Å². The van der Waals surface area contributed by atoms with Gasteiger partial charge < -0.3 is 24.8 Å². The van der Waals surface area contributed by atoms with Crippen molar-refractivity contribution >= 4 is 23.4 Å². The van der Waals surface area contributed by atoms with Crippen LogP contribution in [-0.4, -0.2) is 32.8 Å². The smallest absolute Gasteiger partial charge is 0.338 e. The molecule has 0 aliphatic rings. The summed E-state index contributed by atoms with van der Waals surface area (Å²) in [6, 6.07) is 11.1. The van der Waals surface area contributed by atoms with Crippen molar-refractivity contribution in [2.75, 3.05) is 31.5 Å². The number of hydrogen-bond donors (Lipinski definition) is 2. The summed E-state index contributed by atoms with van der Waals surface area (Å²) in [5, 5.41) is 5.37. The minimum atomic E-state index is -0.466. The van der Waals surface area contributed by atoms with E-state index in [2.05, 4.69) is 10.6 Å². The Bertz CT molecular complexity index is 721.